The number of fused-ring (bicyclic) bond motifs is 3. The van der Waals surface area contributed by atoms with Crippen LogP contribution in [0.4, 0.5) is 14.5 Å². The summed E-state index contributed by atoms with van der Waals surface area (Å²) in [5.41, 5.74) is 2.10. The second-order valence-corrected chi connectivity index (χ2v) is 9.55. The van der Waals surface area contributed by atoms with Gasteiger partial charge in [0.25, 0.3) is 0 Å². The first kappa shape index (κ1) is 19.3. The summed E-state index contributed by atoms with van der Waals surface area (Å²) < 4.78 is 52.8. The normalized spacial score (nSPS) is 22.6. The Morgan fingerprint density at radius 3 is 2.39 bits per heavy atom. The van der Waals surface area contributed by atoms with Gasteiger partial charge >= 0.3 is 0 Å². The maximum atomic E-state index is 13.6. The van der Waals surface area contributed by atoms with Gasteiger partial charge in [-0.25, -0.2) is 17.2 Å². The van der Waals surface area contributed by atoms with E-state index in [9.17, 15) is 17.2 Å². The van der Waals surface area contributed by atoms with Gasteiger partial charge in [0, 0.05) is 31.2 Å². The maximum absolute atomic E-state index is 13.6. The van der Waals surface area contributed by atoms with Crippen molar-refractivity contribution >= 4 is 15.5 Å². The molecular weight excluding hydrogens is 382 g/mol. The summed E-state index contributed by atoms with van der Waals surface area (Å²) in [6.45, 7) is 5.20. The quantitative estimate of drug-likeness (QED) is 0.727. The zero-order chi connectivity index (χ0) is 20.1. The minimum atomic E-state index is -3.92. The summed E-state index contributed by atoms with van der Waals surface area (Å²) in [5, 5.41) is 0. The molecule has 150 valence electrons. The highest BCUT2D eigenvalue weighted by Gasteiger charge is 2.38. The van der Waals surface area contributed by atoms with Crippen molar-refractivity contribution in [2.24, 2.45) is 0 Å². The Hall–Kier alpha value is -1.99. The fourth-order valence-corrected chi connectivity index (χ4v) is 5.87. The molecule has 0 amide bonds. The highest BCUT2D eigenvalue weighted by molar-refractivity contribution is 7.91. The van der Waals surface area contributed by atoms with Gasteiger partial charge in [-0.1, -0.05) is 6.92 Å². The topological polar surface area (TPSA) is 40.6 Å². The highest BCUT2D eigenvalue weighted by Crippen LogP contribution is 2.45. The molecule has 0 radical (unpaired) electrons. The average Bonchev–Trinajstić information content (AvgIpc) is 2.83. The lowest BCUT2D eigenvalue weighted by Gasteiger charge is -2.25. The van der Waals surface area contributed by atoms with Crippen LogP contribution >= 0.6 is 0 Å². The molecule has 7 heteroatoms. The highest BCUT2D eigenvalue weighted by atomic mass is 32.2. The Labute approximate surface area is 164 Å². The van der Waals surface area contributed by atoms with E-state index in [0.29, 0.717) is 6.04 Å². The standard InChI is InChI=1S/C21H24F2N2O2S/c1-3-25-10-8-16-17-12-14(5-7-20(17)24(2)21(16)9-11-25)28(26,27)15-4-6-18(22)19(23)13-15/h4-7,12-13,16,21H,3,8-11H2,1-2H3/t16-,21?/m1/s1. The number of hydrogen-bond acceptors (Lipinski definition) is 4. The summed E-state index contributed by atoms with van der Waals surface area (Å²) in [7, 11) is -1.85. The van der Waals surface area contributed by atoms with E-state index in [4.69, 9.17) is 0 Å². The van der Waals surface area contributed by atoms with Crippen LogP contribution in [0.3, 0.4) is 0 Å². The number of hydrogen-bond donors (Lipinski definition) is 0. The van der Waals surface area contributed by atoms with Gasteiger partial charge in [-0.15, -0.1) is 0 Å². The van der Waals surface area contributed by atoms with E-state index in [1.165, 1.54) is 0 Å². The number of halogens is 2. The van der Waals surface area contributed by atoms with Gasteiger partial charge in [0.05, 0.1) is 9.79 Å². The second kappa shape index (κ2) is 7.12. The first-order valence-corrected chi connectivity index (χ1v) is 11.1. The second-order valence-electron chi connectivity index (χ2n) is 7.60. The van der Waals surface area contributed by atoms with Crippen molar-refractivity contribution < 1.29 is 17.2 Å². The zero-order valence-electron chi connectivity index (χ0n) is 16.0. The zero-order valence-corrected chi connectivity index (χ0v) is 16.8. The van der Waals surface area contributed by atoms with Gasteiger partial charge in [-0.2, -0.15) is 0 Å². The van der Waals surface area contributed by atoms with Gasteiger partial charge < -0.3 is 9.80 Å². The Bertz CT molecular complexity index is 1010. The molecule has 1 saturated heterocycles. The van der Waals surface area contributed by atoms with E-state index >= 15 is 0 Å². The molecule has 2 atom stereocenters. The molecule has 0 saturated carbocycles. The summed E-state index contributed by atoms with van der Waals surface area (Å²) in [4.78, 5) is 4.58. The first-order valence-electron chi connectivity index (χ1n) is 9.62. The number of likely N-dealkylation sites (tertiary alicyclic amines) is 1. The third-order valence-electron chi connectivity index (χ3n) is 6.20. The number of sulfone groups is 1. The van der Waals surface area contributed by atoms with Crippen LogP contribution in [0.2, 0.25) is 0 Å². The number of likely N-dealkylation sites (N-methyl/N-ethyl adjacent to an activating group) is 1. The number of nitrogens with zero attached hydrogens (tertiary/aromatic N) is 2. The molecule has 2 aliphatic rings. The van der Waals surface area contributed by atoms with Crippen LogP contribution in [-0.4, -0.2) is 46.0 Å². The third-order valence-corrected chi connectivity index (χ3v) is 7.95. The van der Waals surface area contributed by atoms with Gasteiger partial charge in [0.15, 0.2) is 11.6 Å². The maximum Gasteiger partial charge on any atom is 0.206 e. The summed E-state index contributed by atoms with van der Waals surface area (Å²) in [5.74, 6) is -1.95. The molecule has 2 aromatic carbocycles. The van der Waals surface area contributed by atoms with E-state index in [1.807, 2.05) is 6.07 Å². The lowest BCUT2D eigenvalue weighted by Crippen LogP contribution is -2.31. The summed E-state index contributed by atoms with van der Waals surface area (Å²) in [6.07, 6.45) is 2.01. The molecule has 0 bridgehead atoms. The first-order chi connectivity index (χ1) is 13.3. The van der Waals surface area contributed by atoms with E-state index in [1.54, 1.807) is 12.1 Å². The number of anilines is 1. The Kier molecular flexibility index (Phi) is 4.91. The van der Waals surface area contributed by atoms with Crippen LogP contribution in [0.25, 0.3) is 0 Å². The molecule has 2 aromatic rings. The predicted molar refractivity (Wildman–Crippen MR) is 105 cm³/mol. The lowest BCUT2D eigenvalue weighted by molar-refractivity contribution is 0.298. The van der Waals surface area contributed by atoms with Crippen LogP contribution in [0, 0.1) is 11.6 Å². The number of rotatable bonds is 3. The average molecular weight is 406 g/mol. The van der Waals surface area contributed by atoms with E-state index in [2.05, 4.69) is 23.8 Å². The van der Waals surface area contributed by atoms with Crippen molar-refractivity contribution in [1.82, 2.24) is 4.90 Å². The van der Waals surface area contributed by atoms with Gasteiger partial charge in [-0.3, -0.25) is 0 Å². The van der Waals surface area contributed by atoms with Gasteiger partial charge in [0.2, 0.25) is 9.84 Å². The van der Waals surface area contributed by atoms with Crippen molar-refractivity contribution in [2.75, 3.05) is 31.6 Å². The molecule has 4 rings (SSSR count). The van der Waals surface area contributed by atoms with Crippen molar-refractivity contribution in [1.29, 1.82) is 0 Å². The third kappa shape index (κ3) is 3.10. The van der Waals surface area contributed by atoms with Gasteiger partial charge in [0.1, 0.15) is 0 Å². The fraction of sp³-hybridized carbons (Fsp3) is 0.429. The molecule has 28 heavy (non-hydrogen) atoms. The molecule has 1 fully saturated rings. The van der Waals surface area contributed by atoms with Crippen LogP contribution in [0.1, 0.15) is 31.2 Å². The molecule has 2 heterocycles. The minimum Gasteiger partial charge on any atom is -0.371 e. The van der Waals surface area contributed by atoms with E-state index in [0.717, 1.165) is 61.9 Å². The van der Waals surface area contributed by atoms with Gasteiger partial charge in [-0.05, 0) is 67.9 Å². The molecule has 1 unspecified atom stereocenters. The van der Waals surface area contributed by atoms with E-state index in [-0.39, 0.29) is 15.7 Å². The minimum absolute atomic E-state index is 0.128. The molecule has 0 aromatic heterocycles. The molecule has 2 aliphatic heterocycles. The Morgan fingerprint density at radius 2 is 1.68 bits per heavy atom. The SMILES string of the molecule is CCN1CCC2[C@H](CC1)c1cc(S(=O)(=O)c3ccc(F)c(F)c3)ccc1N2C. The monoisotopic (exact) mass is 406 g/mol. The summed E-state index contributed by atoms with van der Waals surface area (Å²) >= 11 is 0. The Balaban J connectivity index is 1.73. The smallest absolute Gasteiger partial charge is 0.206 e. The lowest BCUT2D eigenvalue weighted by atomic mass is 9.91. The Morgan fingerprint density at radius 1 is 1.00 bits per heavy atom. The van der Waals surface area contributed by atoms with Crippen molar-refractivity contribution in [3.8, 4) is 0 Å². The van der Waals surface area contributed by atoms with Crippen LogP contribution in [-0.2, 0) is 9.84 Å². The predicted octanol–water partition coefficient (Wildman–Crippen LogP) is 3.82. The molecule has 0 N–H and O–H groups in total. The van der Waals surface area contributed by atoms with Crippen molar-refractivity contribution in [3.05, 3.63) is 53.6 Å². The van der Waals surface area contributed by atoms with Crippen molar-refractivity contribution in [3.63, 3.8) is 0 Å². The van der Waals surface area contributed by atoms with Crippen molar-refractivity contribution in [2.45, 2.75) is 41.5 Å². The van der Waals surface area contributed by atoms with Crippen LogP contribution in [0.15, 0.2) is 46.2 Å². The molecular formula is C21H24F2N2O2S. The number of benzene rings is 2. The molecule has 4 nitrogen and oxygen atoms in total. The molecule has 0 aliphatic carbocycles. The fourth-order valence-electron chi connectivity index (χ4n) is 4.56. The van der Waals surface area contributed by atoms with E-state index < -0.39 is 21.5 Å². The van der Waals surface area contributed by atoms with Crippen LogP contribution < -0.4 is 4.90 Å². The molecule has 0 spiro atoms. The summed E-state index contributed by atoms with van der Waals surface area (Å²) in [6, 6.07) is 8.20. The van der Waals surface area contributed by atoms with Crippen LogP contribution in [0.5, 0.6) is 0 Å². The largest absolute Gasteiger partial charge is 0.371 e.